The number of carbonyl (C=O) groups excluding carboxylic acids is 1. The molecule has 4 rings (SSSR count). The van der Waals surface area contributed by atoms with E-state index >= 15 is 0 Å². The van der Waals surface area contributed by atoms with Crippen LogP contribution in [0.2, 0.25) is 0 Å². The van der Waals surface area contributed by atoms with E-state index in [1.165, 1.54) is 33.4 Å². The van der Waals surface area contributed by atoms with Crippen molar-refractivity contribution in [3.63, 3.8) is 0 Å². The number of hydrogen-bond donors (Lipinski definition) is 1. The minimum atomic E-state index is -0.300. The summed E-state index contributed by atoms with van der Waals surface area (Å²) >= 11 is 0. The molecule has 2 N–H and O–H groups in total. The number of hydrogen-bond acceptors (Lipinski definition) is 1. The number of benzene rings is 2. The van der Waals surface area contributed by atoms with Gasteiger partial charge in [0.1, 0.15) is 0 Å². The number of amides is 1. The molecule has 0 aliphatic heterocycles. The molecular formula is C21H21NO. The smallest absolute Gasteiger partial charge is 0.249 e. The van der Waals surface area contributed by atoms with Gasteiger partial charge in [0.2, 0.25) is 5.91 Å². The quantitative estimate of drug-likeness (QED) is 0.890. The molecule has 0 saturated carbocycles. The van der Waals surface area contributed by atoms with Crippen LogP contribution in [0.4, 0.5) is 0 Å². The van der Waals surface area contributed by atoms with Gasteiger partial charge in [0.25, 0.3) is 0 Å². The molecule has 2 aromatic rings. The van der Waals surface area contributed by atoms with Crippen molar-refractivity contribution in [1.29, 1.82) is 0 Å². The fourth-order valence-electron chi connectivity index (χ4n) is 4.44. The Morgan fingerprint density at radius 3 is 2.52 bits per heavy atom. The van der Waals surface area contributed by atoms with Crippen LogP contribution in [0.15, 0.2) is 23.8 Å². The normalized spacial score (nSPS) is 14.8. The lowest BCUT2D eigenvalue weighted by Gasteiger charge is -2.18. The maximum atomic E-state index is 12.3. The van der Waals surface area contributed by atoms with Gasteiger partial charge in [-0.2, -0.15) is 0 Å². The van der Waals surface area contributed by atoms with Crippen LogP contribution in [0.3, 0.4) is 0 Å². The number of nitrogens with two attached hydrogens (primary N) is 1. The number of carbonyl (C=O) groups is 1. The highest BCUT2D eigenvalue weighted by Crippen LogP contribution is 2.43. The number of primary amides is 1. The molecule has 0 radical (unpaired) electrons. The van der Waals surface area contributed by atoms with E-state index < -0.39 is 0 Å². The lowest BCUT2D eigenvalue weighted by molar-refractivity contribution is 0.1000. The van der Waals surface area contributed by atoms with Crippen molar-refractivity contribution >= 4 is 12.0 Å². The summed E-state index contributed by atoms with van der Waals surface area (Å²) in [5, 5.41) is 0. The number of fused-ring (bicyclic) bond motifs is 3. The highest BCUT2D eigenvalue weighted by atomic mass is 16.1. The van der Waals surface area contributed by atoms with Crippen molar-refractivity contribution < 1.29 is 4.79 Å². The van der Waals surface area contributed by atoms with Crippen molar-refractivity contribution in [2.45, 2.75) is 40.0 Å². The molecule has 2 heteroatoms. The van der Waals surface area contributed by atoms with Gasteiger partial charge >= 0.3 is 0 Å². The first kappa shape index (κ1) is 14.3. The van der Waals surface area contributed by atoms with Gasteiger partial charge < -0.3 is 5.73 Å². The SMILES string of the molecule is CC1=Cc2c(cccc2-c2c(C)c3c(C)c(c2C(N)=O)CC3)C1. The van der Waals surface area contributed by atoms with Gasteiger partial charge in [0.05, 0.1) is 5.56 Å². The van der Waals surface area contributed by atoms with Gasteiger partial charge in [0, 0.05) is 0 Å². The molecule has 2 bridgehead atoms. The van der Waals surface area contributed by atoms with Crippen molar-refractivity contribution in [3.8, 4) is 11.1 Å². The lowest BCUT2D eigenvalue weighted by Crippen LogP contribution is -2.16. The highest BCUT2D eigenvalue weighted by molar-refractivity contribution is 6.04. The third-order valence-electron chi connectivity index (χ3n) is 5.48. The van der Waals surface area contributed by atoms with E-state index in [0.29, 0.717) is 0 Å². The first-order chi connectivity index (χ1) is 11.0. The second kappa shape index (κ2) is 4.82. The third-order valence-corrected chi connectivity index (χ3v) is 5.48. The van der Waals surface area contributed by atoms with Gasteiger partial charge in [0.15, 0.2) is 0 Å². The molecule has 1 amide bonds. The Bertz CT molecular complexity index is 903. The molecular weight excluding hydrogens is 282 g/mol. The molecule has 0 aromatic heterocycles. The molecule has 2 nitrogen and oxygen atoms in total. The summed E-state index contributed by atoms with van der Waals surface area (Å²) in [6, 6.07) is 6.42. The summed E-state index contributed by atoms with van der Waals surface area (Å²) in [4.78, 5) is 12.3. The summed E-state index contributed by atoms with van der Waals surface area (Å²) in [6.07, 6.45) is 5.22. The van der Waals surface area contributed by atoms with Crippen molar-refractivity contribution in [2.75, 3.05) is 0 Å². The van der Waals surface area contributed by atoms with E-state index in [-0.39, 0.29) is 5.91 Å². The minimum Gasteiger partial charge on any atom is -0.366 e. The van der Waals surface area contributed by atoms with E-state index in [1.54, 1.807) is 0 Å². The van der Waals surface area contributed by atoms with Crippen LogP contribution >= 0.6 is 0 Å². The van der Waals surface area contributed by atoms with Gasteiger partial charge in [-0.1, -0.05) is 29.8 Å². The number of allylic oxidation sites excluding steroid dienone is 1. The molecule has 0 heterocycles. The molecule has 0 fully saturated rings. The second-order valence-electron chi connectivity index (χ2n) is 6.87. The third kappa shape index (κ3) is 1.91. The standard InChI is InChI=1S/C21H21NO/c1-11-9-14-5-4-6-17(18(14)10-11)19-13(3)15-7-8-16(12(15)2)20(19)21(22)23/h4-6,10H,7-9H2,1-3H3,(H2,22,23). The second-order valence-corrected chi connectivity index (χ2v) is 6.87. The zero-order valence-corrected chi connectivity index (χ0v) is 13.9. The molecule has 2 aliphatic rings. The van der Waals surface area contributed by atoms with E-state index in [1.807, 2.05) is 0 Å². The van der Waals surface area contributed by atoms with Crippen LogP contribution in [0.25, 0.3) is 17.2 Å². The minimum absolute atomic E-state index is 0.300. The van der Waals surface area contributed by atoms with Crippen LogP contribution in [0.5, 0.6) is 0 Å². The average molecular weight is 303 g/mol. The first-order valence-electron chi connectivity index (χ1n) is 8.23. The number of rotatable bonds is 2. The summed E-state index contributed by atoms with van der Waals surface area (Å²) in [6.45, 7) is 6.43. The molecule has 2 aromatic carbocycles. The molecule has 116 valence electrons. The first-order valence-corrected chi connectivity index (χ1v) is 8.23. The monoisotopic (exact) mass is 303 g/mol. The summed E-state index contributed by atoms with van der Waals surface area (Å²) in [7, 11) is 0. The largest absolute Gasteiger partial charge is 0.366 e. The Morgan fingerprint density at radius 1 is 1.04 bits per heavy atom. The highest BCUT2D eigenvalue weighted by Gasteiger charge is 2.29. The fraction of sp³-hybridized carbons (Fsp3) is 0.286. The van der Waals surface area contributed by atoms with Gasteiger partial charge in [-0.25, -0.2) is 0 Å². The molecule has 0 atom stereocenters. The Labute approximate surface area is 137 Å². The Hall–Kier alpha value is -2.35. The van der Waals surface area contributed by atoms with Gasteiger partial charge in [-0.05, 0) is 84.5 Å². The van der Waals surface area contributed by atoms with Crippen molar-refractivity contribution in [1.82, 2.24) is 0 Å². The van der Waals surface area contributed by atoms with Crippen LogP contribution in [0, 0.1) is 13.8 Å². The molecule has 0 spiro atoms. The lowest BCUT2D eigenvalue weighted by atomic mass is 9.85. The van der Waals surface area contributed by atoms with Crippen molar-refractivity contribution in [2.24, 2.45) is 5.73 Å². The van der Waals surface area contributed by atoms with Crippen LogP contribution in [0.1, 0.15) is 50.7 Å². The Morgan fingerprint density at radius 2 is 1.78 bits per heavy atom. The predicted molar refractivity (Wildman–Crippen MR) is 94.6 cm³/mol. The summed E-state index contributed by atoms with van der Waals surface area (Å²) in [5.41, 5.74) is 17.8. The Balaban J connectivity index is 2.10. The van der Waals surface area contributed by atoms with Gasteiger partial charge in [-0.3, -0.25) is 4.79 Å². The van der Waals surface area contributed by atoms with Crippen LogP contribution in [-0.2, 0) is 19.3 Å². The Kier molecular flexibility index (Phi) is 2.99. The summed E-state index contributed by atoms with van der Waals surface area (Å²) < 4.78 is 0. The van der Waals surface area contributed by atoms with E-state index in [9.17, 15) is 4.79 Å². The molecule has 23 heavy (non-hydrogen) atoms. The van der Waals surface area contributed by atoms with E-state index in [2.05, 4.69) is 45.0 Å². The van der Waals surface area contributed by atoms with Gasteiger partial charge in [-0.15, -0.1) is 0 Å². The average Bonchev–Trinajstić information content (AvgIpc) is 3.00. The van der Waals surface area contributed by atoms with E-state index in [4.69, 9.17) is 5.73 Å². The van der Waals surface area contributed by atoms with Crippen LogP contribution in [-0.4, -0.2) is 5.91 Å². The molecule has 0 saturated heterocycles. The topological polar surface area (TPSA) is 43.1 Å². The fourth-order valence-corrected chi connectivity index (χ4v) is 4.44. The van der Waals surface area contributed by atoms with Crippen molar-refractivity contribution in [3.05, 3.63) is 62.7 Å². The van der Waals surface area contributed by atoms with E-state index in [0.717, 1.165) is 41.5 Å². The maximum Gasteiger partial charge on any atom is 0.249 e. The molecule has 0 unspecified atom stereocenters. The van der Waals surface area contributed by atoms with Crippen LogP contribution < -0.4 is 5.73 Å². The maximum absolute atomic E-state index is 12.3. The summed E-state index contributed by atoms with van der Waals surface area (Å²) in [5.74, 6) is -0.300. The predicted octanol–water partition coefficient (Wildman–Crippen LogP) is 4.13. The molecule has 2 aliphatic carbocycles. The zero-order valence-electron chi connectivity index (χ0n) is 13.9. The zero-order chi connectivity index (χ0) is 16.3.